The van der Waals surface area contributed by atoms with Crippen LogP contribution in [-0.4, -0.2) is 73.7 Å². The Bertz CT molecular complexity index is 1180. The fourth-order valence-electron chi connectivity index (χ4n) is 4.16. The Hall–Kier alpha value is -3.24. The van der Waals surface area contributed by atoms with Gasteiger partial charge in [0.25, 0.3) is 0 Å². The number of phenolic OH excluding ortho intramolecular Hbond substituents is 1. The lowest BCUT2D eigenvalue weighted by atomic mass is 10.1. The average Bonchev–Trinajstić information content (AvgIpc) is 3.40. The molecular weight excluding hydrogens is 441 g/mol. The number of halogens is 1. The van der Waals surface area contributed by atoms with Gasteiger partial charge in [0, 0.05) is 36.5 Å². The van der Waals surface area contributed by atoms with Crippen LogP contribution in [0.15, 0.2) is 36.7 Å². The first kappa shape index (κ1) is 23.9. The van der Waals surface area contributed by atoms with Crippen molar-refractivity contribution in [2.45, 2.75) is 45.3 Å². The average molecular weight is 472 g/mol. The number of fused-ring (bicyclic) bond motifs is 1. The summed E-state index contributed by atoms with van der Waals surface area (Å²) in [5.74, 6) is -0.261. The predicted octanol–water partition coefficient (Wildman–Crippen LogP) is 3.44. The van der Waals surface area contributed by atoms with Gasteiger partial charge in [-0.05, 0) is 64.4 Å². The highest BCUT2D eigenvalue weighted by atomic mass is 19.1. The van der Waals surface area contributed by atoms with Crippen molar-refractivity contribution in [3.63, 3.8) is 0 Å². The summed E-state index contributed by atoms with van der Waals surface area (Å²) in [5.41, 5.74) is 0.184. The van der Waals surface area contributed by atoms with E-state index in [9.17, 15) is 19.4 Å². The van der Waals surface area contributed by atoms with E-state index in [-0.39, 0.29) is 24.0 Å². The number of hydrogen-bond acceptors (Lipinski definition) is 7. The smallest absolute Gasteiger partial charge is 0.416 e. The van der Waals surface area contributed by atoms with Crippen LogP contribution in [0.5, 0.6) is 5.75 Å². The van der Waals surface area contributed by atoms with Crippen LogP contribution in [0.3, 0.4) is 0 Å². The van der Waals surface area contributed by atoms with Gasteiger partial charge in [-0.3, -0.25) is 9.80 Å². The molecule has 1 atom stereocenters. The van der Waals surface area contributed by atoms with Crippen molar-refractivity contribution in [3.8, 4) is 16.9 Å². The van der Waals surface area contributed by atoms with Crippen molar-refractivity contribution in [3.05, 3.63) is 42.5 Å². The Balaban J connectivity index is 1.69. The number of ether oxygens (including phenoxy) is 1. The van der Waals surface area contributed by atoms with Crippen LogP contribution in [0.2, 0.25) is 0 Å². The predicted molar refractivity (Wildman–Crippen MR) is 125 cm³/mol. The number of aliphatic hydroxyl groups excluding tert-OH is 1. The molecule has 0 saturated carbocycles. The van der Waals surface area contributed by atoms with E-state index in [0.29, 0.717) is 30.1 Å². The zero-order valence-corrected chi connectivity index (χ0v) is 19.6. The van der Waals surface area contributed by atoms with Gasteiger partial charge in [-0.2, -0.15) is 5.10 Å². The highest BCUT2D eigenvalue weighted by Gasteiger charge is 2.28. The zero-order chi connectivity index (χ0) is 24.5. The van der Waals surface area contributed by atoms with Gasteiger partial charge in [-0.25, -0.2) is 18.7 Å². The molecule has 4 rings (SSSR count). The lowest BCUT2D eigenvalue weighted by molar-refractivity contribution is 0.0573. The summed E-state index contributed by atoms with van der Waals surface area (Å²) in [7, 11) is 0. The van der Waals surface area contributed by atoms with Crippen LogP contribution in [0.25, 0.3) is 16.8 Å². The zero-order valence-electron chi connectivity index (χ0n) is 19.6. The molecule has 9 nitrogen and oxygen atoms in total. The number of nitrogens with zero attached hydrogens (tertiary/aromatic N) is 5. The maximum absolute atomic E-state index is 14.5. The Morgan fingerprint density at radius 3 is 2.82 bits per heavy atom. The number of carbonyl (C=O) groups is 1. The van der Waals surface area contributed by atoms with E-state index in [0.717, 1.165) is 19.4 Å². The van der Waals surface area contributed by atoms with Crippen molar-refractivity contribution < 1.29 is 24.1 Å². The summed E-state index contributed by atoms with van der Waals surface area (Å²) in [4.78, 5) is 21.4. The first-order valence-electron chi connectivity index (χ1n) is 11.3. The maximum atomic E-state index is 14.5. The summed E-state index contributed by atoms with van der Waals surface area (Å²) >= 11 is 0. The van der Waals surface area contributed by atoms with Crippen molar-refractivity contribution in [1.82, 2.24) is 19.5 Å². The molecule has 10 heteroatoms. The second kappa shape index (κ2) is 9.55. The molecule has 0 aliphatic carbocycles. The molecule has 2 N–H and O–H groups in total. The summed E-state index contributed by atoms with van der Waals surface area (Å²) in [6.45, 7) is 7.16. The van der Waals surface area contributed by atoms with Gasteiger partial charge in [-0.15, -0.1) is 0 Å². The summed E-state index contributed by atoms with van der Waals surface area (Å²) in [6, 6.07) is 5.49. The van der Waals surface area contributed by atoms with Gasteiger partial charge in [-0.1, -0.05) is 0 Å². The number of benzene rings is 1. The lowest BCUT2D eigenvalue weighted by Gasteiger charge is -2.29. The number of rotatable bonds is 6. The molecule has 3 aromatic rings. The van der Waals surface area contributed by atoms with Crippen LogP contribution >= 0.6 is 0 Å². The van der Waals surface area contributed by atoms with Crippen molar-refractivity contribution >= 4 is 17.6 Å². The molecule has 34 heavy (non-hydrogen) atoms. The second-order valence-electron chi connectivity index (χ2n) is 9.42. The van der Waals surface area contributed by atoms with E-state index in [2.05, 4.69) is 15.0 Å². The molecule has 182 valence electrons. The van der Waals surface area contributed by atoms with Crippen LogP contribution in [0, 0.1) is 5.82 Å². The standard InChI is InChI=1S/C24H30FN5O4/c1-24(2,3)34-23(33)29(12-11-28-9-4-5-16(28)15-31)21-8-10-30-22(27-21)19(14-26-30)18-13-17(32)6-7-20(18)25/h6-8,10,13-14,16,31-32H,4-5,9,11-12,15H2,1-3H3/t16-/m0/s1. The van der Waals surface area contributed by atoms with Crippen LogP contribution < -0.4 is 4.90 Å². The summed E-state index contributed by atoms with van der Waals surface area (Å²) in [5, 5.41) is 23.7. The van der Waals surface area contributed by atoms with Crippen molar-refractivity contribution in [2.24, 2.45) is 0 Å². The fourth-order valence-corrected chi connectivity index (χ4v) is 4.16. The molecule has 0 unspecified atom stereocenters. The SMILES string of the molecule is CC(C)(C)OC(=O)N(CCN1CCC[C@H]1CO)c1ccn2ncc(-c3cc(O)ccc3F)c2n1. The van der Waals surface area contributed by atoms with Gasteiger partial charge in [0.05, 0.1) is 12.8 Å². The van der Waals surface area contributed by atoms with E-state index in [1.807, 2.05) is 0 Å². The number of phenols is 1. The second-order valence-corrected chi connectivity index (χ2v) is 9.42. The molecule has 0 bridgehead atoms. The molecular formula is C24H30FN5O4. The number of likely N-dealkylation sites (tertiary alicyclic amines) is 1. The molecule has 1 aliphatic heterocycles. The number of hydrogen-bond donors (Lipinski definition) is 2. The monoisotopic (exact) mass is 471 g/mol. The van der Waals surface area contributed by atoms with E-state index in [1.165, 1.54) is 33.8 Å². The minimum atomic E-state index is -0.701. The highest BCUT2D eigenvalue weighted by molar-refractivity contribution is 5.88. The fraction of sp³-hybridized carbons (Fsp3) is 0.458. The molecule has 1 saturated heterocycles. The lowest BCUT2D eigenvalue weighted by Crippen LogP contribution is -2.43. The van der Waals surface area contributed by atoms with Gasteiger partial charge in [0.15, 0.2) is 5.65 Å². The normalized spacial score (nSPS) is 16.8. The Morgan fingerprint density at radius 2 is 2.09 bits per heavy atom. The number of amides is 1. The van der Waals surface area contributed by atoms with Crippen LogP contribution in [0.1, 0.15) is 33.6 Å². The number of carbonyl (C=O) groups excluding carboxylic acids is 1. The van der Waals surface area contributed by atoms with Gasteiger partial charge in [0.1, 0.15) is 23.0 Å². The first-order chi connectivity index (χ1) is 16.2. The third-order valence-corrected chi connectivity index (χ3v) is 5.81. The third-order valence-electron chi connectivity index (χ3n) is 5.81. The molecule has 1 aliphatic rings. The molecule has 0 radical (unpaired) electrons. The number of anilines is 1. The Morgan fingerprint density at radius 1 is 1.29 bits per heavy atom. The van der Waals surface area contributed by atoms with E-state index in [4.69, 9.17) is 4.74 Å². The Labute approximate surface area is 197 Å². The summed E-state index contributed by atoms with van der Waals surface area (Å²) < 4.78 is 21.6. The number of aromatic hydroxyl groups is 1. The van der Waals surface area contributed by atoms with E-state index >= 15 is 0 Å². The van der Waals surface area contributed by atoms with E-state index in [1.54, 1.807) is 33.0 Å². The van der Waals surface area contributed by atoms with Gasteiger partial charge >= 0.3 is 6.09 Å². The summed E-state index contributed by atoms with van der Waals surface area (Å²) in [6.07, 6.45) is 4.48. The largest absolute Gasteiger partial charge is 0.508 e. The molecule has 0 spiro atoms. The van der Waals surface area contributed by atoms with Gasteiger partial charge in [0.2, 0.25) is 0 Å². The molecule has 3 heterocycles. The number of aromatic nitrogens is 3. The quantitative estimate of drug-likeness (QED) is 0.568. The van der Waals surface area contributed by atoms with Crippen molar-refractivity contribution in [1.29, 1.82) is 0 Å². The topological polar surface area (TPSA) is 103 Å². The van der Waals surface area contributed by atoms with Crippen LogP contribution in [0.4, 0.5) is 15.0 Å². The minimum absolute atomic E-state index is 0.0747. The highest BCUT2D eigenvalue weighted by Crippen LogP contribution is 2.30. The third kappa shape index (κ3) is 5.13. The molecule has 1 fully saturated rings. The number of aliphatic hydroxyl groups is 1. The van der Waals surface area contributed by atoms with Crippen molar-refractivity contribution in [2.75, 3.05) is 31.1 Å². The molecule has 1 aromatic carbocycles. The first-order valence-corrected chi connectivity index (χ1v) is 11.3. The molecule has 1 amide bonds. The van der Waals surface area contributed by atoms with Crippen LogP contribution in [-0.2, 0) is 4.74 Å². The van der Waals surface area contributed by atoms with Gasteiger partial charge < -0.3 is 14.9 Å². The Kier molecular flexibility index (Phi) is 6.72. The maximum Gasteiger partial charge on any atom is 0.416 e. The minimum Gasteiger partial charge on any atom is -0.508 e. The van der Waals surface area contributed by atoms with E-state index < -0.39 is 17.5 Å². The molecule has 2 aromatic heterocycles.